The van der Waals surface area contributed by atoms with E-state index in [4.69, 9.17) is 4.74 Å². The van der Waals surface area contributed by atoms with Crippen LogP contribution in [0, 0.1) is 11.8 Å². The highest BCUT2D eigenvalue weighted by Gasteiger charge is 2.36. The molecule has 0 aromatic rings. The summed E-state index contributed by atoms with van der Waals surface area (Å²) in [4.78, 5) is 28.1. The van der Waals surface area contributed by atoms with Gasteiger partial charge in [-0.3, -0.25) is 4.79 Å². The number of hydrogen-bond acceptors (Lipinski definition) is 4. The lowest BCUT2D eigenvalue weighted by molar-refractivity contribution is -0.156. The van der Waals surface area contributed by atoms with Gasteiger partial charge in [-0.25, -0.2) is 4.79 Å². The summed E-state index contributed by atoms with van der Waals surface area (Å²) in [5, 5.41) is 0. The van der Waals surface area contributed by atoms with Crippen LogP contribution in [0.4, 0.5) is 0 Å². The van der Waals surface area contributed by atoms with E-state index >= 15 is 0 Å². The Kier molecular flexibility index (Phi) is 5.79. The fourth-order valence-electron chi connectivity index (χ4n) is 2.67. The van der Waals surface area contributed by atoms with E-state index in [9.17, 15) is 9.59 Å². The summed E-state index contributed by atoms with van der Waals surface area (Å²) in [6.07, 6.45) is 0.868. The van der Waals surface area contributed by atoms with Crippen molar-refractivity contribution in [2.24, 2.45) is 11.8 Å². The molecule has 0 aliphatic carbocycles. The highest BCUT2D eigenvalue weighted by atomic mass is 16.5. The van der Waals surface area contributed by atoms with Crippen molar-refractivity contribution in [3.05, 3.63) is 0 Å². The number of esters is 1. The fourth-order valence-corrected chi connectivity index (χ4v) is 2.67. The summed E-state index contributed by atoms with van der Waals surface area (Å²) in [5.41, 5.74) is 0. The van der Waals surface area contributed by atoms with Crippen LogP contribution in [0.2, 0.25) is 0 Å². The maximum absolute atomic E-state index is 12.4. The van der Waals surface area contributed by atoms with Crippen LogP contribution in [-0.2, 0) is 14.3 Å². The SMILES string of the molecule is CCOC(=O)[C@H](C(C)C)N(C)C(=O)[C@H]1CCN(C)C1. The van der Waals surface area contributed by atoms with Gasteiger partial charge in [0.1, 0.15) is 6.04 Å². The van der Waals surface area contributed by atoms with Gasteiger partial charge in [-0.2, -0.15) is 0 Å². The Morgan fingerprint density at radius 1 is 1.42 bits per heavy atom. The van der Waals surface area contributed by atoms with Gasteiger partial charge in [-0.05, 0) is 32.9 Å². The van der Waals surface area contributed by atoms with Crippen molar-refractivity contribution < 1.29 is 14.3 Å². The topological polar surface area (TPSA) is 49.9 Å². The molecule has 1 saturated heterocycles. The lowest BCUT2D eigenvalue weighted by Crippen LogP contribution is -2.49. The van der Waals surface area contributed by atoms with Gasteiger partial charge in [0.05, 0.1) is 12.5 Å². The zero-order valence-electron chi connectivity index (χ0n) is 12.7. The third-order valence-corrected chi connectivity index (χ3v) is 3.67. The summed E-state index contributed by atoms with van der Waals surface area (Å²) in [7, 11) is 3.72. The standard InChI is InChI=1S/C14H26N2O3/c1-6-19-14(18)12(10(2)3)16(5)13(17)11-7-8-15(4)9-11/h10-12H,6-9H2,1-5H3/t11-,12-/m0/s1. The number of carbonyl (C=O) groups is 2. The molecule has 0 bridgehead atoms. The fraction of sp³-hybridized carbons (Fsp3) is 0.857. The lowest BCUT2D eigenvalue weighted by Gasteiger charge is -2.31. The van der Waals surface area contributed by atoms with E-state index in [1.54, 1.807) is 18.9 Å². The number of ether oxygens (including phenoxy) is 1. The number of amides is 1. The molecular formula is C14H26N2O3. The number of rotatable bonds is 5. The van der Waals surface area contributed by atoms with Gasteiger partial charge in [0.2, 0.25) is 5.91 Å². The summed E-state index contributed by atoms with van der Waals surface area (Å²) in [5.74, 6) is -0.200. The van der Waals surface area contributed by atoms with E-state index in [0.29, 0.717) is 6.61 Å². The van der Waals surface area contributed by atoms with Crippen LogP contribution in [0.1, 0.15) is 27.2 Å². The van der Waals surface area contributed by atoms with Crippen LogP contribution >= 0.6 is 0 Å². The Bertz CT molecular complexity index is 331. The van der Waals surface area contributed by atoms with Crippen molar-refractivity contribution in [2.45, 2.75) is 33.2 Å². The molecule has 1 aliphatic heterocycles. The van der Waals surface area contributed by atoms with Crippen molar-refractivity contribution in [1.29, 1.82) is 0 Å². The molecule has 0 unspecified atom stereocenters. The predicted molar refractivity (Wildman–Crippen MR) is 73.6 cm³/mol. The maximum atomic E-state index is 12.4. The molecule has 0 aromatic carbocycles. The summed E-state index contributed by atoms with van der Waals surface area (Å²) >= 11 is 0. The molecule has 5 heteroatoms. The maximum Gasteiger partial charge on any atom is 0.329 e. The summed E-state index contributed by atoms with van der Waals surface area (Å²) < 4.78 is 5.08. The minimum Gasteiger partial charge on any atom is -0.464 e. The van der Waals surface area contributed by atoms with E-state index in [-0.39, 0.29) is 23.7 Å². The monoisotopic (exact) mass is 270 g/mol. The zero-order valence-corrected chi connectivity index (χ0v) is 12.7. The first-order chi connectivity index (χ1) is 8.88. The molecule has 1 aliphatic rings. The summed E-state index contributed by atoms with van der Waals surface area (Å²) in [6.45, 7) is 7.71. The first kappa shape index (κ1) is 16.0. The molecule has 19 heavy (non-hydrogen) atoms. The van der Waals surface area contributed by atoms with E-state index < -0.39 is 6.04 Å². The van der Waals surface area contributed by atoms with Crippen LogP contribution in [0.15, 0.2) is 0 Å². The Morgan fingerprint density at radius 2 is 2.05 bits per heavy atom. The van der Waals surface area contributed by atoms with Crippen LogP contribution < -0.4 is 0 Å². The second-order valence-corrected chi connectivity index (χ2v) is 5.64. The minimum atomic E-state index is -0.488. The first-order valence-corrected chi connectivity index (χ1v) is 7.00. The number of carbonyl (C=O) groups excluding carboxylic acids is 2. The van der Waals surface area contributed by atoms with Crippen molar-refractivity contribution in [1.82, 2.24) is 9.80 Å². The van der Waals surface area contributed by atoms with Crippen LogP contribution in [0.3, 0.4) is 0 Å². The van der Waals surface area contributed by atoms with Gasteiger partial charge < -0.3 is 14.5 Å². The Morgan fingerprint density at radius 3 is 2.47 bits per heavy atom. The van der Waals surface area contributed by atoms with E-state index in [1.807, 2.05) is 20.9 Å². The molecule has 2 atom stereocenters. The molecule has 0 saturated carbocycles. The largest absolute Gasteiger partial charge is 0.464 e. The minimum absolute atomic E-state index is 0.00526. The van der Waals surface area contributed by atoms with E-state index in [2.05, 4.69) is 4.90 Å². The highest BCUT2D eigenvalue weighted by Crippen LogP contribution is 2.20. The van der Waals surface area contributed by atoms with Gasteiger partial charge in [0.15, 0.2) is 0 Å². The lowest BCUT2D eigenvalue weighted by atomic mass is 10.00. The molecule has 0 radical (unpaired) electrons. The average Bonchev–Trinajstić information content (AvgIpc) is 2.74. The quantitative estimate of drug-likeness (QED) is 0.699. The van der Waals surface area contributed by atoms with E-state index in [0.717, 1.165) is 19.5 Å². The Labute approximate surface area is 115 Å². The van der Waals surface area contributed by atoms with Crippen molar-refractivity contribution in [2.75, 3.05) is 33.8 Å². The number of hydrogen-bond donors (Lipinski definition) is 0. The molecular weight excluding hydrogens is 244 g/mol. The van der Waals surface area contributed by atoms with Crippen LogP contribution in [-0.4, -0.2) is 61.5 Å². The smallest absolute Gasteiger partial charge is 0.329 e. The average molecular weight is 270 g/mol. The van der Waals surface area contributed by atoms with Crippen molar-refractivity contribution >= 4 is 11.9 Å². The molecule has 1 amide bonds. The van der Waals surface area contributed by atoms with Gasteiger partial charge in [-0.15, -0.1) is 0 Å². The molecule has 1 fully saturated rings. The zero-order chi connectivity index (χ0) is 14.6. The predicted octanol–water partition coefficient (Wildman–Crippen LogP) is 0.984. The Hall–Kier alpha value is -1.10. The third-order valence-electron chi connectivity index (χ3n) is 3.67. The van der Waals surface area contributed by atoms with Crippen molar-refractivity contribution in [3.63, 3.8) is 0 Å². The number of likely N-dealkylation sites (tertiary alicyclic amines) is 1. The molecule has 1 heterocycles. The van der Waals surface area contributed by atoms with E-state index in [1.165, 1.54) is 0 Å². The van der Waals surface area contributed by atoms with Crippen LogP contribution in [0.5, 0.6) is 0 Å². The van der Waals surface area contributed by atoms with Gasteiger partial charge in [0, 0.05) is 13.6 Å². The molecule has 0 aromatic heterocycles. The summed E-state index contributed by atoms with van der Waals surface area (Å²) in [6, 6.07) is -0.488. The molecule has 0 N–H and O–H groups in total. The number of nitrogens with zero attached hydrogens (tertiary/aromatic N) is 2. The second-order valence-electron chi connectivity index (χ2n) is 5.64. The number of likely N-dealkylation sites (N-methyl/N-ethyl adjacent to an activating group) is 1. The van der Waals surface area contributed by atoms with Crippen molar-refractivity contribution in [3.8, 4) is 0 Å². The van der Waals surface area contributed by atoms with Crippen LogP contribution in [0.25, 0.3) is 0 Å². The molecule has 0 spiro atoms. The first-order valence-electron chi connectivity index (χ1n) is 7.00. The van der Waals surface area contributed by atoms with Gasteiger partial charge in [0.25, 0.3) is 0 Å². The molecule has 110 valence electrons. The van der Waals surface area contributed by atoms with Gasteiger partial charge in [-0.1, -0.05) is 13.8 Å². The van der Waals surface area contributed by atoms with Gasteiger partial charge >= 0.3 is 5.97 Å². The highest BCUT2D eigenvalue weighted by molar-refractivity contribution is 5.86. The molecule has 5 nitrogen and oxygen atoms in total. The Balaban J connectivity index is 2.73. The normalized spacial score (nSPS) is 21.5. The molecule has 1 rings (SSSR count). The second kappa shape index (κ2) is 6.89. The third kappa shape index (κ3) is 3.93.